The Balaban J connectivity index is 2.35. The Bertz CT molecular complexity index is 804. The van der Waals surface area contributed by atoms with Crippen LogP contribution in [-0.4, -0.2) is 9.55 Å². The fourth-order valence-electron chi connectivity index (χ4n) is 2.17. The van der Waals surface area contributed by atoms with Crippen LogP contribution in [0, 0.1) is 6.92 Å². The zero-order chi connectivity index (χ0) is 13.4. The third-order valence-corrected chi connectivity index (χ3v) is 3.09. The Labute approximate surface area is 110 Å². The highest BCUT2D eigenvalue weighted by Gasteiger charge is 2.08. The van der Waals surface area contributed by atoms with Crippen LogP contribution in [0.5, 0.6) is 0 Å². The molecule has 2 N–H and O–H groups in total. The third-order valence-electron chi connectivity index (χ3n) is 3.09. The van der Waals surface area contributed by atoms with Gasteiger partial charge in [-0.15, -0.1) is 0 Å². The minimum Gasteiger partial charge on any atom is -0.399 e. The predicted octanol–water partition coefficient (Wildman–Crippen LogP) is 2.28. The molecule has 3 rings (SSSR count). The molecule has 0 bridgehead atoms. The number of nitrogens with two attached hydrogens (primary N) is 1. The van der Waals surface area contributed by atoms with Crippen molar-refractivity contribution >= 4 is 16.6 Å². The highest BCUT2D eigenvalue weighted by molar-refractivity contribution is 5.77. The first-order valence-electron chi connectivity index (χ1n) is 6.01. The van der Waals surface area contributed by atoms with Gasteiger partial charge >= 0.3 is 0 Å². The number of nitrogen functional groups attached to an aromatic ring is 1. The average molecular weight is 251 g/mol. The van der Waals surface area contributed by atoms with Crippen molar-refractivity contribution in [1.29, 1.82) is 0 Å². The molecule has 3 aromatic rings. The Morgan fingerprint density at radius 1 is 1.05 bits per heavy atom. The molecule has 1 heterocycles. The van der Waals surface area contributed by atoms with Crippen LogP contribution in [0.15, 0.2) is 53.3 Å². The number of hydrogen-bond acceptors (Lipinski definition) is 3. The summed E-state index contributed by atoms with van der Waals surface area (Å²) in [4.78, 5) is 17.0. The number of anilines is 1. The molecule has 0 aliphatic rings. The first-order chi connectivity index (χ1) is 9.16. The van der Waals surface area contributed by atoms with E-state index in [9.17, 15) is 4.79 Å². The summed E-state index contributed by atoms with van der Waals surface area (Å²) < 4.78 is 1.60. The molecule has 0 saturated carbocycles. The minimum absolute atomic E-state index is 0.0622. The number of hydrogen-bond donors (Lipinski definition) is 1. The fraction of sp³-hybridized carbons (Fsp3) is 0.0667. The topological polar surface area (TPSA) is 60.9 Å². The van der Waals surface area contributed by atoms with E-state index < -0.39 is 0 Å². The summed E-state index contributed by atoms with van der Waals surface area (Å²) in [5, 5.41) is 0.616. The number of aromatic nitrogens is 2. The van der Waals surface area contributed by atoms with Gasteiger partial charge in [0.15, 0.2) is 0 Å². The average Bonchev–Trinajstić information content (AvgIpc) is 2.41. The van der Waals surface area contributed by atoms with Gasteiger partial charge in [-0.2, -0.15) is 0 Å². The van der Waals surface area contributed by atoms with Gasteiger partial charge in [-0.25, -0.2) is 4.98 Å². The Morgan fingerprint density at radius 2 is 1.74 bits per heavy atom. The van der Waals surface area contributed by atoms with Crippen LogP contribution < -0.4 is 11.3 Å². The molecule has 0 atom stereocenters. The third kappa shape index (κ3) is 1.87. The number of aryl methyl sites for hydroxylation is 1. The summed E-state index contributed by atoms with van der Waals surface area (Å²) in [5.74, 6) is 0.661. The number of para-hydroxylation sites is 1. The molecule has 19 heavy (non-hydrogen) atoms. The standard InChI is InChI=1S/C15H13N3O/c1-10-17-14-5-3-2-4-13(14)15(19)18(10)12-8-6-11(16)7-9-12/h2-9H,16H2,1H3. The summed E-state index contributed by atoms with van der Waals surface area (Å²) in [5.41, 5.74) is 7.77. The molecule has 0 aliphatic heterocycles. The van der Waals surface area contributed by atoms with Crippen molar-refractivity contribution in [1.82, 2.24) is 9.55 Å². The van der Waals surface area contributed by atoms with Crippen LogP contribution in [0.1, 0.15) is 5.82 Å². The van der Waals surface area contributed by atoms with E-state index in [1.165, 1.54) is 0 Å². The Kier molecular flexibility index (Phi) is 2.56. The van der Waals surface area contributed by atoms with Crippen molar-refractivity contribution in [3.05, 3.63) is 64.7 Å². The van der Waals surface area contributed by atoms with Gasteiger partial charge in [0.05, 0.1) is 16.6 Å². The van der Waals surface area contributed by atoms with E-state index in [1.807, 2.05) is 37.3 Å². The maximum absolute atomic E-state index is 12.5. The van der Waals surface area contributed by atoms with Crippen molar-refractivity contribution < 1.29 is 0 Å². The maximum atomic E-state index is 12.5. The summed E-state index contributed by atoms with van der Waals surface area (Å²) in [6, 6.07) is 14.5. The van der Waals surface area contributed by atoms with Crippen LogP contribution in [0.25, 0.3) is 16.6 Å². The lowest BCUT2D eigenvalue weighted by Crippen LogP contribution is -2.22. The highest BCUT2D eigenvalue weighted by Crippen LogP contribution is 2.13. The predicted molar refractivity (Wildman–Crippen MR) is 76.5 cm³/mol. The summed E-state index contributed by atoms with van der Waals surface area (Å²) >= 11 is 0. The van der Waals surface area contributed by atoms with Crippen molar-refractivity contribution in [2.24, 2.45) is 0 Å². The number of benzene rings is 2. The zero-order valence-corrected chi connectivity index (χ0v) is 10.5. The molecule has 0 unspecified atom stereocenters. The van der Waals surface area contributed by atoms with E-state index in [0.717, 1.165) is 11.2 Å². The molecule has 0 radical (unpaired) electrons. The van der Waals surface area contributed by atoms with E-state index in [4.69, 9.17) is 5.73 Å². The summed E-state index contributed by atoms with van der Waals surface area (Å²) in [7, 11) is 0. The van der Waals surface area contributed by atoms with E-state index in [0.29, 0.717) is 16.9 Å². The maximum Gasteiger partial charge on any atom is 0.265 e. The molecule has 4 nitrogen and oxygen atoms in total. The molecule has 0 amide bonds. The van der Waals surface area contributed by atoms with E-state index in [-0.39, 0.29) is 5.56 Å². The quantitative estimate of drug-likeness (QED) is 0.675. The highest BCUT2D eigenvalue weighted by atomic mass is 16.1. The van der Waals surface area contributed by atoms with Crippen molar-refractivity contribution in [2.75, 3.05) is 5.73 Å². The van der Waals surface area contributed by atoms with E-state index in [1.54, 1.807) is 22.8 Å². The van der Waals surface area contributed by atoms with Crippen LogP contribution >= 0.6 is 0 Å². The van der Waals surface area contributed by atoms with Crippen molar-refractivity contribution in [3.63, 3.8) is 0 Å². The smallest absolute Gasteiger partial charge is 0.265 e. The summed E-state index contributed by atoms with van der Waals surface area (Å²) in [6.45, 7) is 1.82. The van der Waals surface area contributed by atoms with Gasteiger partial charge < -0.3 is 5.73 Å². The first-order valence-corrected chi connectivity index (χ1v) is 6.01. The van der Waals surface area contributed by atoms with Crippen LogP contribution in [0.4, 0.5) is 5.69 Å². The van der Waals surface area contributed by atoms with Gasteiger partial charge in [0.2, 0.25) is 0 Å². The van der Waals surface area contributed by atoms with Gasteiger partial charge in [-0.3, -0.25) is 9.36 Å². The lowest BCUT2D eigenvalue weighted by molar-refractivity contribution is 0.895. The second-order valence-corrected chi connectivity index (χ2v) is 4.41. The van der Waals surface area contributed by atoms with Gasteiger partial charge in [0.1, 0.15) is 5.82 Å². The molecule has 94 valence electrons. The molecule has 0 spiro atoms. The van der Waals surface area contributed by atoms with Crippen molar-refractivity contribution in [2.45, 2.75) is 6.92 Å². The molecule has 0 aliphatic carbocycles. The van der Waals surface area contributed by atoms with Gasteiger partial charge in [-0.1, -0.05) is 12.1 Å². The molecular formula is C15H13N3O. The van der Waals surface area contributed by atoms with Gasteiger partial charge in [0, 0.05) is 5.69 Å². The van der Waals surface area contributed by atoms with E-state index >= 15 is 0 Å². The van der Waals surface area contributed by atoms with Gasteiger partial charge in [-0.05, 0) is 43.3 Å². The Morgan fingerprint density at radius 3 is 2.47 bits per heavy atom. The molecular weight excluding hydrogens is 238 g/mol. The van der Waals surface area contributed by atoms with Crippen LogP contribution in [0.3, 0.4) is 0 Å². The summed E-state index contributed by atoms with van der Waals surface area (Å²) in [6.07, 6.45) is 0. The minimum atomic E-state index is -0.0622. The second-order valence-electron chi connectivity index (χ2n) is 4.41. The molecule has 0 saturated heterocycles. The van der Waals surface area contributed by atoms with Crippen molar-refractivity contribution in [3.8, 4) is 5.69 Å². The molecule has 1 aromatic heterocycles. The number of nitrogens with zero attached hydrogens (tertiary/aromatic N) is 2. The normalized spacial score (nSPS) is 10.8. The molecule has 0 fully saturated rings. The molecule has 4 heteroatoms. The van der Waals surface area contributed by atoms with Gasteiger partial charge in [0.25, 0.3) is 5.56 Å². The lowest BCUT2D eigenvalue weighted by atomic mass is 10.2. The Hall–Kier alpha value is -2.62. The SMILES string of the molecule is Cc1nc2ccccc2c(=O)n1-c1ccc(N)cc1. The second kappa shape index (κ2) is 4.24. The lowest BCUT2D eigenvalue weighted by Gasteiger charge is -2.10. The number of fused-ring (bicyclic) bond motifs is 1. The fourth-order valence-corrected chi connectivity index (χ4v) is 2.17. The molecule has 2 aromatic carbocycles. The van der Waals surface area contributed by atoms with Crippen LogP contribution in [0.2, 0.25) is 0 Å². The first kappa shape index (κ1) is 11.5. The monoisotopic (exact) mass is 251 g/mol. The largest absolute Gasteiger partial charge is 0.399 e. The van der Waals surface area contributed by atoms with E-state index in [2.05, 4.69) is 4.98 Å². The number of rotatable bonds is 1. The zero-order valence-electron chi connectivity index (χ0n) is 10.5. The van der Waals surface area contributed by atoms with Crippen LogP contribution in [-0.2, 0) is 0 Å².